The van der Waals surface area contributed by atoms with Crippen molar-refractivity contribution in [1.29, 1.82) is 0 Å². The lowest BCUT2D eigenvalue weighted by Gasteiger charge is -2.18. The Bertz CT molecular complexity index is 531. The molecule has 0 saturated heterocycles. The summed E-state index contributed by atoms with van der Waals surface area (Å²) in [5, 5.41) is 9.98. The maximum Gasteiger partial charge on any atom is 0.319 e. The van der Waals surface area contributed by atoms with Crippen LogP contribution in [0.4, 0.5) is 10.5 Å². The van der Waals surface area contributed by atoms with E-state index >= 15 is 0 Å². The van der Waals surface area contributed by atoms with E-state index in [1.165, 1.54) is 7.11 Å². The van der Waals surface area contributed by atoms with Crippen molar-refractivity contribution in [3.8, 4) is 5.88 Å². The highest BCUT2D eigenvalue weighted by Crippen LogP contribution is 2.70. The van der Waals surface area contributed by atoms with Crippen LogP contribution in [-0.2, 0) is 7.05 Å². The van der Waals surface area contributed by atoms with Crippen LogP contribution in [0.2, 0.25) is 0 Å². The first-order valence-electron chi connectivity index (χ1n) is 6.73. The van der Waals surface area contributed by atoms with Crippen LogP contribution < -0.4 is 15.4 Å². The van der Waals surface area contributed by atoms with E-state index in [-0.39, 0.29) is 22.4 Å². The lowest BCUT2D eigenvalue weighted by Crippen LogP contribution is -2.42. The summed E-state index contributed by atoms with van der Waals surface area (Å²) >= 11 is 0. The van der Waals surface area contributed by atoms with Crippen LogP contribution >= 0.6 is 0 Å². The summed E-state index contributed by atoms with van der Waals surface area (Å²) in [6.45, 7) is 10.7. The summed E-state index contributed by atoms with van der Waals surface area (Å²) in [5.41, 5.74) is 0.430. The van der Waals surface area contributed by atoms with Gasteiger partial charge in [0.2, 0.25) is 0 Å². The number of nitrogens with one attached hydrogen (secondary N) is 2. The minimum Gasteiger partial charge on any atom is -0.478 e. The van der Waals surface area contributed by atoms with Gasteiger partial charge in [-0.25, -0.2) is 4.79 Å². The van der Waals surface area contributed by atoms with Gasteiger partial charge in [-0.2, -0.15) is 0 Å². The number of hydrogen-bond acceptors (Lipinski definition) is 3. The number of anilines is 1. The molecule has 1 aromatic rings. The first-order chi connectivity index (χ1) is 9.06. The van der Waals surface area contributed by atoms with Crippen molar-refractivity contribution in [3.05, 3.63) is 6.20 Å². The van der Waals surface area contributed by atoms with Crippen molar-refractivity contribution in [3.63, 3.8) is 0 Å². The number of aromatic nitrogens is 2. The fourth-order valence-electron chi connectivity index (χ4n) is 2.99. The molecule has 2 amide bonds. The van der Waals surface area contributed by atoms with Crippen molar-refractivity contribution >= 4 is 11.7 Å². The molecule has 6 heteroatoms. The average Bonchev–Trinajstić information content (AvgIpc) is 2.64. The molecule has 1 aromatic heterocycles. The first-order valence-corrected chi connectivity index (χ1v) is 6.73. The SMILES string of the molecule is COc1nn(C)cc1NC(=O)NC1(C)C(C)(C)C1(C)C. The summed E-state index contributed by atoms with van der Waals surface area (Å²) in [5.74, 6) is 0.405. The molecule has 0 radical (unpaired) electrons. The van der Waals surface area contributed by atoms with Crippen LogP contribution in [0.15, 0.2) is 6.20 Å². The molecule has 1 fully saturated rings. The number of amides is 2. The van der Waals surface area contributed by atoms with Crippen LogP contribution in [-0.4, -0.2) is 28.5 Å². The normalized spacial score (nSPS) is 21.1. The van der Waals surface area contributed by atoms with Crippen LogP contribution in [0.3, 0.4) is 0 Å². The topological polar surface area (TPSA) is 68.2 Å². The lowest BCUT2D eigenvalue weighted by molar-refractivity contribution is 0.244. The Hall–Kier alpha value is -1.72. The van der Waals surface area contributed by atoms with Gasteiger partial charge in [0.15, 0.2) is 0 Å². The number of ether oxygens (including phenoxy) is 1. The number of carbonyl (C=O) groups excluding carboxylic acids is 1. The second-order valence-electron chi connectivity index (χ2n) is 6.68. The van der Waals surface area contributed by atoms with Crippen molar-refractivity contribution in [2.75, 3.05) is 12.4 Å². The fraction of sp³-hybridized carbons (Fsp3) is 0.714. The monoisotopic (exact) mass is 280 g/mol. The van der Waals surface area contributed by atoms with Crippen molar-refractivity contribution in [1.82, 2.24) is 15.1 Å². The van der Waals surface area contributed by atoms with Gasteiger partial charge >= 0.3 is 6.03 Å². The highest BCUT2D eigenvalue weighted by molar-refractivity contribution is 5.91. The Kier molecular flexibility index (Phi) is 3.04. The molecule has 0 aromatic carbocycles. The van der Waals surface area contributed by atoms with Crippen molar-refractivity contribution in [2.24, 2.45) is 17.9 Å². The quantitative estimate of drug-likeness (QED) is 0.893. The zero-order valence-corrected chi connectivity index (χ0v) is 13.3. The van der Waals surface area contributed by atoms with E-state index in [0.717, 1.165) is 0 Å². The molecule has 0 spiro atoms. The molecule has 1 aliphatic rings. The molecule has 0 aliphatic heterocycles. The Labute approximate surface area is 119 Å². The summed E-state index contributed by atoms with van der Waals surface area (Å²) in [4.78, 5) is 12.2. The van der Waals surface area contributed by atoms with Crippen molar-refractivity contribution < 1.29 is 9.53 Å². The summed E-state index contributed by atoms with van der Waals surface area (Å²) in [6, 6.07) is -0.238. The molecule has 1 heterocycles. The Balaban J connectivity index is 2.08. The highest BCUT2D eigenvalue weighted by atomic mass is 16.5. The van der Waals surface area contributed by atoms with E-state index in [1.54, 1.807) is 17.9 Å². The van der Waals surface area contributed by atoms with Gasteiger partial charge in [0.25, 0.3) is 5.88 Å². The van der Waals surface area contributed by atoms with Gasteiger partial charge in [-0.15, -0.1) is 5.10 Å². The van der Waals surface area contributed by atoms with Gasteiger partial charge in [0, 0.05) is 7.05 Å². The zero-order valence-electron chi connectivity index (χ0n) is 13.3. The molecule has 2 N–H and O–H groups in total. The molecule has 2 rings (SSSR count). The molecule has 0 unspecified atom stereocenters. The highest BCUT2D eigenvalue weighted by Gasteiger charge is 2.75. The second kappa shape index (κ2) is 4.14. The van der Waals surface area contributed by atoms with Crippen LogP contribution in [0.5, 0.6) is 5.88 Å². The van der Waals surface area contributed by atoms with Crippen LogP contribution in [0, 0.1) is 10.8 Å². The first kappa shape index (κ1) is 14.7. The molecule has 6 nitrogen and oxygen atoms in total. The average molecular weight is 280 g/mol. The maximum atomic E-state index is 12.2. The van der Waals surface area contributed by atoms with Crippen LogP contribution in [0.25, 0.3) is 0 Å². The molecule has 0 bridgehead atoms. The smallest absolute Gasteiger partial charge is 0.319 e. The third kappa shape index (κ3) is 1.77. The zero-order chi connectivity index (χ0) is 15.3. The van der Waals surface area contributed by atoms with E-state index in [2.05, 4.69) is 50.4 Å². The number of aryl methyl sites for hydroxylation is 1. The van der Waals surface area contributed by atoms with Crippen LogP contribution in [0.1, 0.15) is 34.6 Å². The van der Waals surface area contributed by atoms with E-state index in [4.69, 9.17) is 4.74 Å². The third-order valence-corrected chi connectivity index (χ3v) is 5.60. The minimum absolute atomic E-state index is 0.0519. The van der Waals surface area contributed by atoms with E-state index in [9.17, 15) is 4.79 Å². The summed E-state index contributed by atoms with van der Waals surface area (Å²) < 4.78 is 6.72. The van der Waals surface area contributed by atoms with Gasteiger partial charge in [-0.1, -0.05) is 27.7 Å². The summed E-state index contributed by atoms with van der Waals surface area (Å²) in [6.07, 6.45) is 1.71. The second-order valence-corrected chi connectivity index (χ2v) is 6.68. The van der Waals surface area contributed by atoms with Gasteiger partial charge in [-0.3, -0.25) is 4.68 Å². The lowest BCUT2D eigenvalue weighted by atomic mass is 10.0. The van der Waals surface area contributed by atoms with Gasteiger partial charge in [0.05, 0.1) is 18.8 Å². The Morgan fingerprint density at radius 2 is 1.80 bits per heavy atom. The largest absolute Gasteiger partial charge is 0.478 e. The number of urea groups is 1. The predicted octanol–water partition coefficient (Wildman–Crippen LogP) is 2.37. The van der Waals surface area contributed by atoms with E-state index in [0.29, 0.717) is 11.6 Å². The molecule has 112 valence electrons. The van der Waals surface area contributed by atoms with Gasteiger partial charge in [-0.05, 0) is 17.8 Å². The van der Waals surface area contributed by atoms with Gasteiger partial charge < -0.3 is 15.4 Å². The third-order valence-electron chi connectivity index (χ3n) is 5.60. The van der Waals surface area contributed by atoms with E-state index < -0.39 is 0 Å². The minimum atomic E-state index is -0.238. The standard InChI is InChI=1S/C14H24N4O2/c1-12(2)13(3,4)14(12,5)16-11(19)15-9-8-18(6)17-10(9)20-7/h8H,1-7H3,(H2,15,16,19). The Morgan fingerprint density at radius 1 is 1.25 bits per heavy atom. The number of rotatable bonds is 3. The molecule has 20 heavy (non-hydrogen) atoms. The van der Waals surface area contributed by atoms with Gasteiger partial charge in [0.1, 0.15) is 5.69 Å². The Morgan fingerprint density at radius 3 is 2.25 bits per heavy atom. The number of hydrogen-bond donors (Lipinski definition) is 2. The number of nitrogens with zero attached hydrogens (tertiary/aromatic N) is 2. The molecular formula is C14H24N4O2. The number of methoxy groups -OCH3 is 1. The molecule has 1 saturated carbocycles. The molecular weight excluding hydrogens is 256 g/mol. The van der Waals surface area contributed by atoms with Crippen molar-refractivity contribution in [2.45, 2.75) is 40.2 Å². The number of carbonyl (C=O) groups is 1. The van der Waals surface area contributed by atoms with E-state index in [1.807, 2.05) is 0 Å². The predicted molar refractivity (Wildman–Crippen MR) is 77.9 cm³/mol. The maximum absolute atomic E-state index is 12.2. The summed E-state index contributed by atoms with van der Waals surface area (Å²) in [7, 11) is 3.31. The fourth-order valence-corrected chi connectivity index (χ4v) is 2.99. The molecule has 1 aliphatic carbocycles. The molecule has 0 atom stereocenters.